The number of carbonyl (C=O) groups excluding carboxylic acids is 1. The Morgan fingerprint density at radius 1 is 1.00 bits per heavy atom. The first-order valence-electron chi connectivity index (χ1n) is 8.80. The second-order valence-corrected chi connectivity index (χ2v) is 6.81. The summed E-state index contributed by atoms with van der Waals surface area (Å²) in [7, 11) is 5.70. The number of hydrogen-bond donors (Lipinski definition) is 0. The summed E-state index contributed by atoms with van der Waals surface area (Å²) in [6, 6.07) is 16.1. The summed E-state index contributed by atoms with van der Waals surface area (Å²) in [4.78, 5) is 16.9. The fourth-order valence-corrected chi connectivity index (χ4v) is 3.02. The lowest BCUT2D eigenvalue weighted by molar-refractivity contribution is -0.124. The molecule has 0 N–H and O–H groups in total. The van der Waals surface area contributed by atoms with Gasteiger partial charge in [0.25, 0.3) is 0 Å². The zero-order valence-corrected chi connectivity index (χ0v) is 15.2. The predicted octanol–water partition coefficient (Wildman–Crippen LogP) is 4.09. The smallest absolute Gasteiger partial charge is 0.230 e. The Morgan fingerprint density at radius 3 is 2.08 bits per heavy atom. The van der Waals surface area contributed by atoms with Gasteiger partial charge in [0.2, 0.25) is 5.91 Å². The molecule has 0 heterocycles. The van der Waals surface area contributed by atoms with E-state index in [1.54, 1.807) is 7.11 Å². The quantitative estimate of drug-likeness (QED) is 0.795. The Balaban J connectivity index is 1.83. The minimum absolute atomic E-state index is 0.170. The summed E-state index contributed by atoms with van der Waals surface area (Å²) < 4.78 is 5.23. The van der Waals surface area contributed by atoms with Crippen LogP contribution in [0.5, 0.6) is 5.75 Å². The molecular weight excluding hydrogens is 312 g/mol. The third kappa shape index (κ3) is 3.95. The van der Waals surface area contributed by atoms with E-state index in [0.717, 1.165) is 42.0 Å². The van der Waals surface area contributed by atoms with Crippen LogP contribution in [0, 0.1) is 5.92 Å². The molecule has 2 aromatic carbocycles. The van der Waals surface area contributed by atoms with E-state index in [9.17, 15) is 4.79 Å². The van der Waals surface area contributed by atoms with E-state index in [2.05, 4.69) is 29.2 Å². The third-order valence-corrected chi connectivity index (χ3v) is 4.90. The summed E-state index contributed by atoms with van der Waals surface area (Å²) in [5, 5.41) is 0. The summed E-state index contributed by atoms with van der Waals surface area (Å²) >= 11 is 0. The number of carbonyl (C=O) groups is 1. The topological polar surface area (TPSA) is 32.8 Å². The van der Waals surface area contributed by atoms with Gasteiger partial charge in [0.15, 0.2) is 0 Å². The lowest BCUT2D eigenvalue weighted by Gasteiger charge is -2.32. The highest BCUT2D eigenvalue weighted by atomic mass is 16.5. The molecule has 0 radical (unpaired) electrons. The van der Waals surface area contributed by atoms with Gasteiger partial charge >= 0.3 is 0 Å². The molecule has 4 heteroatoms. The first-order chi connectivity index (χ1) is 12.1. The standard InChI is InChI=1S/C21H26N2O2/c1-22(2)18-9-7-16(8-10-18)15-23(21(24)17-5-4-6-17)19-11-13-20(25-3)14-12-19/h7-14,17H,4-6,15H2,1-3H3. The molecule has 0 saturated heterocycles. The van der Waals surface area contributed by atoms with Crippen molar-refractivity contribution in [2.45, 2.75) is 25.8 Å². The van der Waals surface area contributed by atoms with Crippen LogP contribution in [0.3, 0.4) is 0 Å². The number of anilines is 2. The van der Waals surface area contributed by atoms with Gasteiger partial charge in [-0.1, -0.05) is 18.6 Å². The minimum Gasteiger partial charge on any atom is -0.497 e. The number of nitrogens with zero attached hydrogens (tertiary/aromatic N) is 2. The summed E-state index contributed by atoms with van der Waals surface area (Å²) in [5.41, 5.74) is 3.22. The molecule has 0 aliphatic heterocycles. The molecule has 1 fully saturated rings. The first-order valence-corrected chi connectivity index (χ1v) is 8.80. The lowest BCUT2D eigenvalue weighted by Crippen LogP contribution is -2.38. The van der Waals surface area contributed by atoms with Gasteiger partial charge in [0.05, 0.1) is 13.7 Å². The van der Waals surface area contributed by atoms with Crippen molar-refractivity contribution in [2.75, 3.05) is 31.0 Å². The van der Waals surface area contributed by atoms with Crippen LogP contribution >= 0.6 is 0 Å². The average Bonchev–Trinajstić information content (AvgIpc) is 2.58. The lowest BCUT2D eigenvalue weighted by atomic mass is 9.84. The highest BCUT2D eigenvalue weighted by molar-refractivity contribution is 5.95. The number of amides is 1. The molecule has 1 saturated carbocycles. The zero-order chi connectivity index (χ0) is 17.8. The molecule has 1 aliphatic carbocycles. The van der Waals surface area contributed by atoms with Crippen molar-refractivity contribution in [2.24, 2.45) is 5.92 Å². The van der Waals surface area contributed by atoms with Crippen LogP contribution in [0.15, 0.2) is 48.5 Å². The van der Waals surface area contributed by atoms with Gasteiger partial charge in [-0.2, -0.15) is 0 Å². The molecule has 0 atom stereocenters. The number of hydrogen-bond acceptors (Lipinski definition) is 3. The number of benzene rings is 2. The Hall–Kier alpha value is -2.49. The van der Waals surface area contributed by atoms with Gasteiger partial charge in [-0.3, -0.25) is 4.79 Å². The van der Waals surface area contributed by atoms with E-state index in [-0.39, 0.29) is 11.8 Å². The largest absolute Gasteiger partial charge is 0.497 e. The van der Waals surface area contributed by atoms with Crippen molar-refractivity contribution < 1.29 is 9.53 Å². The molecule has 0 bridgehead atoms. The maximum atomic E-state index is 12.9. The molecule has 1 amide bonds. The molecule has 0 aromatic heterocycles. The van der Waals surface area contributed by atoms with E-state index in [1.807, 2.05) is 43.3 Å². The molecule has 3 rings (SSSR count). The highest BCUT2D eigenvalue weighted by Gasteiger charge is 2.30. The molecule has 4 nitrogen and oxygen atoms in total. The summed E-state index contributed by atoms with van der Waals surface area (Å²) in [5.74, 6) is 1.20. The van der Waals surface area contributed by atoms with Gasteiger partial charge in [0, 0.05) is 31.4 Å². The third-order valence-electron chi connectivity index (χ3n) is 4.90. The normalized spacial score (nSPS) is 13.9. The Bertz CT molecular complexity index is 704. The molecule has 1 aliphatic rings. The highest BCUT2D eigenvalue weighted by Crippen LogP contribution is 2.31. The van der Waals surface area contributed by atoms with Gasteiger partial charge in [-0.15, -0.1) is 0 Å². The van der Waals surface area contributed by atoms with E-state index in [1.165, 1.54) is 0 Å². The second kappa shape index (κ2) is 7.60. The second-order valence-electron chi connectivity index (χ2n) is 6.81. The van der Waals surface area contributed by atoms with Crippen LogP contribution in [0.4, 0.5) is 11.4 Å². The monoisotopic (exact) mass is 338 g/mol. The Morgan fingerprint density at radius 2 is 1.60 bits per heavy atom. The van der Waals surface area contributed by atoms with E-state index in [0.29, 0.717) is 6.54 Å². The Labute approximate surface area is 150 Å². The molecule has 0 spiro atoms. The van der Waals surface area contributed by atoms with Crippen molar-refractivity contribution >= 4 is 17.3 Å². The molecule has 0 unspecified atom stereocenters. The van der Waals surface area contributed by atoms with Crippen LogP contribution in [0.1, 0.15) is 24.8 Å². The fourth-order valence-electron chi connectivity index (χ4n) is 3.02. The van der Waals surface area contributed by atoms with Crippen molar-refractivity contribution in [3.63, 3.8) is 0 Å². The SMILES string of the molecule is COc1ccc(N(Cc2ccc(N(C)C)cc2)C(=O)C2CCC2)cc1. The van der Waals surface area contributed by atoms with Crippen molar-refractivity contribution in [1.29, 1.82) is 0 Å². The molecule has 25 heavy (non-hydrogen) atoms. The van der Waals surface area contributed by atoms with Crippen LogP contribution < -0.4 is 14.5 Å². The first kappa shape index (κ1) is 17.3. The molecular formula is C21H26N2O2. The maximum Gasteiger partial charge on any atom is 0.230 e. The van der Waals surface area contributed by atoms with Crippen LogP contribution in [0.25, 0.3) is 0 Å². The minimum atomic E-state index is 0.170. The number of rotatable bonds is 6. The van der Waals surface area contributed by atoms with E-state index < -0.39 is 0 Å². The maximum absolute atomic E-state index is 12.9. The predicted molar refractivity (Wildman–Crippen MR) is 102 cm³/mol. The van der Waals surface area contributed by atoms with Crippen molar-refractivity contribution in [3.05, 3.63) is 54.1 Å². The molecule has 132 valence electrons. The Kier molecular flexibility index (Phi) is 5.27. The van der Waals surface area contributed by atoms with Crippen LogP contribution in [-0.4, -0.2) is 27.1 Å². The average molecular weight is 338 g/mol. The number of ether oxygens (including phenoxy) is 1. The van der Waals surface area contributed by atoms with Crippen molar-refractivity contribution in [3.8, 4) is 5.75 Å². The summed E-state index contributed by atoms with van der Waals surface area (Å²) in [6.45, 7) is 0.593. The number of methoxy groups -OCH3 is 1. The van der Waals surface area contributed by atoms with Gasteiger partial charge < -0.3 is 14.5 Å². The van der Waals surface area contributed by atoms with Crippen LogP contribution in [0.2, 0.25) is 0 Å². The van der Waals surface area contributed by atoms with Crippen molar-refractivity contribution in [1.82, 2.24) is 0 Å². The zero-order valence-electron chi connectivity index (χ0n) is 15.2. The van der Waals surface area contributed by atoms with Gasteiger partial charge in [-0.05, 0) is 54.8 Å². The summed E-state index contributed by atoms with van der Waals surface area (Å²) in [6.07, 6.45) is 3.17. The van der Waals surface area contributed by atoms with Gasteiger partial charge in [0.1, 0.15) is 5.75 Å². The van der Waals surface area contributed by atoms with E-state index in [4.69, 9.17) is 4.74 Å². The fraction of sp³-hybridized carbons (Fsp3) is 0.381. The molecule has 2 aromatic rings. The van der Waals surface area contributed by atoms with E-state index >= 15 is 0 Å². The van der Waals surface area contributed by atoms with Crippen LogP contribution in [-0.2, 0) is 11.3 Å². The van der Waals surface area contributed by atoms with Gasteiger partial charge in [-0.25, -0.2) is 0 Å².